The van der Waals surface area contributed by atoms with Gasteiger partial charge in [-0.2, -0.15) is 0 Å². The molecule has 1 aliphatic heterocycles. The number of aryl methyl sites for hydroxylation is 1. The van der Waals surface area contributed by atoms with E-state index in [1.807, 2.05) is 30.3 Å². The van der Waals surface area contributed by atoms with Crippen LogP contribution in [-0.2, 0) is 7.05 Å². The van der Waals surface area contributed by atoms with Gasteiger partial charge in [-0.25, -0.2) is 4.57 Å². The normalized spacial score (nSPS) is 11.8. The van der Waals surface area contributed by atoms with E-state index in [2.05, 4.69) is 4.98 Å². The van der Waals surface area contributed by atoms with E-state index in [1.54, 1.807) is 18.2 Å². The van der Waals surface area contributed by atoms with Crippen LogP contribution in [0.15, 0.2) is 36.9 Å². The highest BCUT2D eigenvalue weighted by molar-refractivity contribution is 6.23. The second kappa shape index (κ2) is 4.71. The molecule has 0 saturated carbocycles. The molecule has 0 atom stereocenters. The van der Waals surface area contributed by atoms with Crippen molar-refractivity contribution in [2.75, 3.05) is 0 Å². The van der Waals surface area contributed by atoms with Gasteiger partial charge in [-0.15, -0.1) is 0 Å². The van der Waals surface area contributed by atoms with Gasteiger partial charge >= 0.3 is 10.0 Å². The number of aromatic amines is 1. The number of rotatable bonds is 0. The second-order valence-electron chi connectivity index (χ2n) is 3.17. The molecule has 6 heteroatoms. The average molecular weight is 235 g/mol. The number of phenols is 1. The fraction of sp³-hybridized carbons (Fsp3) is 0.100. The summed E-state index contributed by atoms with van der Waals surface area (Å²) < 4.78 is 12.0. The van der Waals surface area contributed by atoms with Gasteiger partial charge in [0.15, 0.2) is 17.2 Å². The monoisotopic (exact) mass is 235 g/mol. The Labute approximate surface area is 95.3 Å². The molecule has 1 aromatic carbocycles. The Morgan fingerprint density at radius 3 is 2.81 bits per heavy atom. The van der Waals surface area contributed by atoms with Gasteiger partial charge in [-0.1, -0.05) is 6.07 Å². The Hall–Kier alpha value is -1.95. The van der Waals surface area contributed by atoms with Crippen molar-refractivity contribution in [2.45, 2.75) is 0 Å². The van der Waals surface area contributed by atoms with Crippen molar-refractivity contribution in [1.29, 1.82) is 0 Å². The molecule has 0 aliphatic carbocycles. The Morgan fingerprint density at radius 1 is 1.38 bits per heavy atom. The summed E-state index contributed by atoms with van der Waals surface area (Å²) in [5.74, 6) is 1.22. The highest BCUT2D eigenvalue weighted by Gasteiger charge is 2.18. The van der Waals surface area contributed by atoms with Crippen LogP contribution in [0.4, 0.5) is 0 Å². The largest absolute Gasteiger partial charge is 0.610 e. The van der Waals surface area contributed by atoms with E-state index < -0.39 is 0 Å². The summed E-state index contributed by atoms with van der Waals surface area (Å²) in [4.78, 5) is 2.89. The number of imidazole rings is 1. The zero-order chi connectivity index (χ0) is 11.4. The first kappa shape index (κ1) is 10.6. The molecule has 3 rings (SSSR count). The Morgan fingerprint density at radius 2 is 2.25 bits per heavy atom. The minimum Gasteiger partial charge on any atom is -0.505 e. The topological polar surface area (TPSA) is 58.4 Å². The summed E-state index contributed by atoms with van der Waals surface area (Å²) in [5, 5.41) is 9.13. The first-order valence-corrected chi connectivity index (χ1v) is 5.47. The van der Waals surface area contributed by atoms with Crippen LogP contribution in [0.2, 0.25) is 0 Å². The zero-order valence-corrected chi connectivity index (χ0v) is 9.68. The molecule has 0 saturated heterocycles. The minimum absolute atomic E-state index is 0.0173. The van der Waals surface area contributed by atoms with E-state index in [0.717, 1.165) is 0 Å². The first-order valence-electron chi connectivity index (χ1n) is 4.66. The van der Waals surface area contributed by atoms with Gasteiger partial charge in [0.25, 0.3) is 0 Å². The summed E-state index contributed by atoms with van der Waals surface area (Å²) in [6, 6.07) is 5.04. The summed E-state index contributed by atoms with van der Waals surface area (Å²) in [6.07, 6.45) is 5.69. The van der Waals surface area contributed by atoms with Crippen molar-refractivity contribution in [3.63, 3.8) is 0 Å². The Bertz CT molecular complexity index is 459. The second-order valence-corrected chi connectivity index (χ2v) is 3.74. The van der Waals surface area contributed by atoms with Gasteiger partial charge in [0, 0.05) is 0 Å². The highest BCUT2D eigenvalue weighted by Crippen LogP contribution is 2.38. The molecule has 0 bridgehead atoms. The number of benzene rings is 1. The third-order valence-electron chi connectivity index (χ3n) is 1.94. The molecule has 0 spiro atoms. The summed E-state index contributed by atoms with van der Waals surface area (Å²) in [7, 11) is 1.95. The predicted octanol–water partition coefficient (Wildman–Crippen LogP) is 0.537. The minimum atomic E-state index is -0.0173. The average Bonchev–Trinajstić information content (AvgIpc) is 2.90. The molecule has 82 valence electrons. The van der Waals surface area contributed by atoms with Crippen molar-refractivity contribution in [3.8, 4) is 17.2 Å². The van der Waals surface area contributed by atoms with Crippen molar-refractivity contribution < 1.29 is 18.5 Å². The maximum absolute atomic E-state index is 9.13. The van der Waals surface area contributed by atoms with E-state index in [9.17, 15) is 0 Å². The number of hydrogen-bond acceptors (Lipinski definition) is 3. The number of phenolic OH excluding ortho intramolecular Hbond substituents is 1. The number of nitrogens with zero attached hydrogens (tertiary/aromatic N) is 1. The van der Waals surface area contributed by atoms with Crippen molar-refractivity contribution in [3.05, 3.63) is 36.9 Å². The van der Waals surface area contributed by atoms with Gasteiger partial charge in [0.2, 0.25) is 6.33 Å². The fourth-order valence-corrected chi connectivity index (χ4v) is 1.74. The molecular weight excluding hydrogens is 224 g/mol. The third-order valence-corrected chi connectivity index (χ3v) is 2.53. The lowest BCUT2D eigenvalue weighted by Gasteiger charge is -1.97. The summed E-state index contributed by atoms with van der Waals surface area (Å²) >= 11 is 0. The van der Waals surface area contributed by atoms with E-state index in [1.165, 1.54) is 0 Å². The number of para-hydroxylation sites is 1. The van der Waals surface area contributed by atoms with Gasteiger partial charge in [0.05, 0.1) is 7.05 Å². The van der Waals surface area contributed by atoms with Crippen LogP contribution < -0.4 is 13.4 Å². The van der Waals surface area contributed by atoms with Gasteiger partial charge in [-0.05, 0) is 12.1 Å². The van der Waals surface area contributed by atoms with Crippen LogP contribution in [-0.4, -0.2) is 20.1 Å². The van der Waals surface area contributed by atoms with E-state index >= 15 is 0 Å². The molecule has 16 heavy (non-hydrogen) atoms. The number of fused-ring (bicyclic) bond motifs is 1. The zero-order valence-electron chi connectivity index (χ0n) is 8.68. The van der Waals surface area contributed by atoms with Crippen LogP contribution in [0.3, 0.4) is 0 Å². The molecule has 5 nitrogen and oxygen atoms in total. The number of hydrogen-bond donors (Lipinski definition) is 2. The number of aromatic nitrogens is 2. The lowest BCUT2D eigenvalue weighted by atomic mass is 10.3. The number of H-pyrrole nitrogens is 1. The van der Waals surface area contributed by atoms with Gasteiger partial charge < -0.3 is 14.0 Å². The van der Waals surface area contributed by atoms with Crippen LogP contribution in [0.25, 0.3) is 0 Å². The van der Waals surface area contributed by atoms with Crippen LogP contribution >= 0.6 is 0 Å². The number of nitrogens with one attached hydrogen (secondary N) is 1. The quantitative estimate of drug-likeness (QED) is 0.517. The maximum Gasteiger partial charge on any atom is 0.610 e. The number of aromatic hydroxyl groups is 1. The lowest BCUT2D eigenvalue weighted by molar-refractivity contribution is -0.670. The molecule has 2 radical (unpaired) electrons. The molecular formula is C10H11N2O3Si+. The smallest absolute Gasteiger partial charge is 0.505 e. The van der Waals surface area contributed by atoms with Crippen LogP contribution in [0.5, 0.6) is 17.2 Å². The third kappa shape index (κ3) is 2.34. The van der Waals surface area contributed by atoms with Crippen LogP contribution in [0.1, 0.15) is 0 Å². The van der Waals surface area contributed by atoms with E-state index in [4.69, 9.17) is 14.0 Å². The Kier molecular flexibility index (Phi) is 3.11. The standard InChI is InChI=1S/C6H4O3Si.C4H6N2/c7-4-2-1-3-5-6(4)9-10-8-5;1-6-3-2-5-4-6/h1-3,7H;2-4H,1H3/p+1. The summed E-state index contributed by atoms with van der Waals surface area (Å²) in [6.45, 7) is 0. The van der Waals surface area contributed by atoms with Crippen molar-refractivity contribution in [2.24, 2.45) is 7.05 Å². The first-order chi connectivity index (χ1) is 7.77. The van der Waals surface area contributed by atoms with Gasteiger partial charge in [-0.3, -0.25) is 4.98 Å². The van der Waals surface area contributed by atoms with E-state index in [-0.39, 0.29) is 15.8 Å². The van der Waals surface area contributed by atoms with Gasteiger partial charge in [0.1, 0.15) is 12.4 Å². The summed E-state index contributed by atoms with van der Waals surface area (Å²) in [5.41, 5.74) is 0. The SMILES string of the molecule is C[n+]1cc[nH]c1.Oc1cccc2c1O[Si]O2. The fourth-order valence-electron chi connectivity index (χ4n) is 1.16. The molecule has 0 unspecified atom stereocenters. The molecule has 0 amide bonds. The molecule has 1 aromatic heterocycles. The molecule has 2 N–H and O–H groups in total. The highest BCUT2D eigenvalue weighted by atomic mass is 28.3. The molecule has 2 aromatic rings. The maximum atomic E-state index is 9.13. The van der Waals surface area contributed by atoms with E-state index in [0.29, 0.717) is 11.5 Å². The van der Waals surface area contributed by atoms with Crippen molar-refractivity contribution in [1.82, 2.24) is 4.98 Å². The van der Waals surface area contributed by atoms with Crippen molar-refractivity contribution >= 4 is 10.0 Å². The Balaban J connectivity index is 0.000000138. The molecule has 2 heterocycles. The van der Waals surface area contributed by atoms with Crippen LogP contribution in [0, 0.1) is 0 Å². The lowest BCUT2D eigenvalue weighted by Crippen LogP contribution is -2.22. The predicted molar refractivity (Wildman–Crippen MR) is 57.1 cm³/mol. The molecule has 0 fully saturated rings. The molecule has 1 aliphatic rings.